The van der Waals surface area contributed by atoms with Crippen molar-refractivity contribution >= 4 is 0 Å². The molecule has 0 N–H and O–H groups in total. The maximum Gasteiger partial charge on any atom is 0.123 e. The van der Waals surface area contributed by atoms with Gasteiger partial charge in [0.1, 0.15) is 5.75 Å². The minimum atomic E-state index is 0.323. The van der Waals surface area contributed by atoms with Crippen LogP contribution in [0.5, 0.6) is 5.75 Å². The van der Waals surface area contributed by atoms with E-state index in [1.165, 1.54) is 37.9 Å². The highest BCUT2D eigenvalue weighted by Crippen LogP contribution is 2.44. The van der Waals surface area contributed by atoms with Crippen molar-refractivity contribution in [1.29, 1.82) is 0 Å². The lowest BCUT2D eigenvalue weighted by Gasteiger charge is -2.36. The van der Waals surface area contributed by atoms with Gasteiger partial charge in [0.25, 0.3) is 0 Å². The minimum Gasteiger partial charge on any atom is -0.492 e. The average Bonchev–Trinajstić information content (AvgIpc) is 2.74. The van der Waals surface area contributed by atoms with E-state index in [-0.39, 0.29) is 0 Å². The van der Waals surface area contributed by atoms with Gasteiger partial charge in [0.05, 0.1) is 6.61 Å². The monoisotopic (exact) mass is 247 g/mol. The van der Waals surface area contributed by atoms with E-state index in [0.717, 1.165) is 12.4 Å². The normalized spacial score (nSPS) is 20.8. The summed E-state index contributed by atoms with van der Waals surface area (Å²) in [4.78, 5) is 2.41. The molecule has 2 aliphatic rings. The summed E-state index contributed by atoms with van der Waals surface area (Å²) in [6, 6.07) is 8.54. The van der Waals surface area contributed by atoms with Gasteiger partial charge in [0, 0.05) is 11.0 Å². The van der Waals surface area contributed by atoms with Crippen molar-refractivity contribution in [2.75, 3.05) is 26.7 Å². The molecule has 2 heteroatoms. The van der Waals surface area contributed by atoms with Gasteiger partial charge in [0.15, 0.2) is 0 Å². The van der Waals surface area contributed by atoms with E-state index in [2.05, 4.69) is 50.1 Å². The molecule has 0 radical (unpaired) electrons. The quantitative estimate of drug-likeness (QED) is 0.696. The van der Waals surface area contributed by atoms with Crippen LogP contribution in [-0.2, 0) is 5.41 Å². The Kier molecular flexibility index (Phi) is 4.28. The van der Waals surface area contributed by atoms with Gasteiger partial charge in [-0.15, -0.1) is 0 Å². The average molecular weight is 247 g/mol. The second kappa shape index (κ2) is 5.75. The van der Waals surface area contributed by atoms with Crippen molar-refractivity contribution < 1.29 is 4.74 Å². The third-order valence-electron chi connectivity index (χ3n) is 3.91. The fourth-order valence-electron chi connectivity index (χ4n) is 2.78. The number of para-hydroxylation sites is 1. The van der Waals surface area contributed by atoms with E-state index in [1.807, 2.05) is 0 Å². The van der Waals surface area contributed by atoms with Gasteiger partial charge < -0.3 is 9.64 Å². The second-order valence-corrected chi connectivity index (χ2v) is 5.58. The molecule has 1 saturated heterocycles. The first-order valence-corrected chi connectivity index (χ1v) is 7.12. The first kappa shape index (κ1) is 13.4. The Hall–Kier alpha value is -1.02. The Bertz CT molecular complexity index is 380. The summed E-state index contributed by atoms with van der Waals surface area (Å²) < 4.78 is 5.81. The molecule has 2 heterocycles. The zero-order valence-corrected chi connectivity index (χ0v) is 11.9. The Balaban J connectivity index is 0.000000367. The molecule has 2 aliphatic heterocycles. The molecule has 18 heavy (non-hydrogen) atoms. The number of fused-ring (bicyclic) bond motifs is 2. The summed E-state index contributed by atoms with van der Waals surface area (Å²) in [6.45, 7) is 7.52. The Morgan fingerprint density at radius 2 is 1.78 bits per heavy atom. The molecule has 1 aromatic rings. The number of benzene rings is 1. The molecule has 100 valence electrons. The lowest BCUT2D eigenvalue weighted by atomic mass is 9.74. The van der Waals surface area contributed by atoms with Crippen LogP contribution in [0.3, 0.4) is 0 Å². The SMILES string of the molecule is CCC.CN1CCC2(CC1)COc1ccccc12. The molecule has 1 fully saturated rings. The number of rotatable bonds is 0. The lowest BCUT2D eigenvalue weighted by molar-refractivity contribution is 0.155. The molecular formula is C16H25NO. The predicted octanol–water partition coefficient (Wildman–Crippen LogP) is 3.46. The first-order valence-electron chi connectivity index (χ1n) is 7.12. The van der Waals surface area contributed by atoms with E-state index in [0.29, 0.717) is 5.41 Å². The fourth-order valence-corrected chi connectivity index (χ4v) is 2.78. The molecule has 1 spiro atoms. The maximum absolute atomic E-state index is 5.81. The number of likely N-dealkylation sites (tertiary alicyclic amines) is 1. The third-order valence-corrected chi connectivity index (χ3v) is 3.91. The molecule has 0 amide bonds. The van der Waals surface area contributed by atoms with Crippen molar-refractivity contribution in [2.24, 2.45) is 0 Å². The van der Waals surface area contributed by atoms with Crippen molar-refractivity contribution in [2.45, 2.75) is 38.5 Å². The molecule has 0 saturated carbocycles. The molecule has 0 atom stereocenters. The van der Waals surface area contributed by atoms with E-state index in [4.69, 9.17) is 4.74 Å². The summed E-state index contributed by atoms with van der Waals surface area (Å²) >= 11 is 0. The number of piperidine rings is 1. The highest BCUT2D eigenvalue weighted by molar-refractivity contribution is 5.43. The van der Waals surface area contributed by atoms with Gasteiger partial charge in [0.2, 0.25) is 0 Å². The third kappa shape index (κ3) is 2.54. The van der Waals surface area contributed by atoms with Crippen LogP contribution in [0.25, 0.3) is 0 Å². The van der Waals surface area contributed by atoms with E-state index < -0.39 is 0 Å². The highest BCUT2D eigenvalue weighted by Gasteiger charge is 2.42. The molecule has 1 aromatic carbocycles. The van der Waals surface area contributed by atoms with Crippen LogP contribution in [0, 0.1) is 0 Å². The van der Waals surface area contributed by atoms with E-state index in [1.54, 1.807) is 0 Å². The fraction of sp³-hybridized carbons (Fsp3) is 0.625. The number of hydrogen-bond acceptors (Lipinski definition) is 2. The summed E-state index contributed by atoms with van der Waals surface area (Å²) in [5.41, 5.74) is 1.77. The van der Waals surface area contributed by atoms with Crippen LogP contribution in [-0.4, -0.2) is 31.6 Å². The molecule has 0 unspecified atom stereocenters. The zero-order valence-electron chi connectivity index (χ0n) is 11.9. The van der Waals surface area contributed by atoms with Crippen LogP contribution in [0.4, 0.5) is 0 Å². The number of ether oxygens (including phenoxy) is 1. The largest absolute Gasteiger partial charge is 0.492 e. The second-order valence-electron chi connectivity index (χ2n) is 5.58. The van der Waals surface area contributed by atoms with Crippen LogP contribution < -0.4 is 4.74 Å². The lowest BCUT2D eigenvalue weighted by Crippen LogP contribution is -2.41. The van der Waals surface area contributed by atoms with Gasteiger partial charge >= 0.3 is 0 Å². The van der Waals surface area contributed by atoms with Crippen molar-refractivity contribution in [3.05, 3.63) is 29.8 Å². The maximum atomic E-state index is 5.81. The molecule has 0 bridgehead atoms. The summed E-state index contributed by atoms with van der Waals surface area (Å²) in [6.07, 6.45) is 3.72. The van der Waals surface area contributed by atoms with Gasteiger partial charge in [-0.3, -0.25) is 0 Å². The van der Waals surface area contributed by atoms with Crippen LogP contribution in [0.15, 0.2) is 24.3 Å². The predicted molar refractivity (Wildman–Crippen MR) is 76.3 cm³/mol. The van der Waals surface area contributed by atoms with Gasteiger partial charge in [-0.1, -0.05) is 38.5 Å². The van der Waals surface area contributed by atoms with Crippen LogP contribution in [0.2, 0.25) is 0 Å². The Labute approximate surface area is 111 Å². The molecular weight excluding hydrogens is 222 g/mol. The van der Waals surface area contributed by atoms with Crippen molar-refractivity contribution in [3.8, 4) is 5.75 Å². The van der Waals surface area contributed by atoms with Gasteiger partial charge in [-0.05, 0) is 39.0 Å². The molecule has 0 aromatic heterocycles. The molecule has 0 aliphatic carbocycles. The smallest absolute Gasteiger partial charge is 0.123 e. The number of nitrogens with zero attached hydrogens (tertiary/aromatic N) is 1. The van der Waals surface area contributed by atoms with Crippen LogP contribution >= 0.6 is 0 Å². The zero-order chi connectivity index (χ0) is 13.0. The first-order chi connectivity index (χ1) is 8.72. The summed E-state index contributed by atoms with van der Waals surface area (Å²) in [5, 5.41) is 0. The Morgan fingerprint density at radius 3 is 2.44 bits per heavy atom. The van der Waals surface area contributed by atoms with Crippen LogP contribution in [0.1, 0.15) is 38.7 Å². The number of hydrogen-bond donors (Lipinski definition) is 0. The standard InChI is InChI=1S/C13H17NO.C3H8/c1-14-8-6-13(7-9-14)10-15-12-5-3-2-4-11(12)13;1-3-2/h2-5H,6-10H2,1H3;3H2,1-2H3. The summed E-state index contributed by atoms with van der Waals surface area (Å²) in [7, 11) is 2.20. The van der Waals surface area contributed by atoms with E-state index >= 15 is 0 Å². The van der Waals surface area contributed by atoms with Crippen molar-refractivity contribution in [3.63, 3.8) is 0 Å². The minimum absolute atomic E-state index is 0.323. The van der Waals surface area contributed by atoms with Gasteiger partial charge in [-0.2, -0.15) is 0 Å². The molecule has 3 rings (SSSR count). The molecule has 2 nitrogen and oxygen atoms in total. The van der Waals surface area contributed by atoms with Gasteiger partial charge in [-0.25, -0.2) is 0 Å². The summed E-state index contributed by atoms with van der Waals surface area (Å²) in [5.74, 6) is 1.11. The topological polar surface area (TPSA) is 12.5 Å². The van der Waals surface area contributed by atoms with Crippen molar-refractivity contribution in [1.82, 2.24) is 4.90 Å². The van der Waals surface area contributed by atoms with E-state index in [9.17, 15) is 0 Å². The highest BCUT2D eigenvalue weighted by atomic mass is 16.5. The Morgan fingerprint density at radius 1 is 1.17 bits per heavy atom.